The second-order valence-electron chi connectivity index (χ2n) is 5.23. The number of benzene rings is 2. The molecule has 0 fully saturated rings. The predicted molar refractivity (Wildman–Crippen MR) is 95.3 cm³/mol. The van der Waals surface area contributed by atoms with Crippen molar-refractivity contribution in [2.45, 2.75) is 13.5 Å². The summed E-state index contributed by atoms with van der Waals surface area (Å²) in [6.45, 7) is 2.67. The summed E-state index contributed by atoms with van der Waals surface area (Å²) in [5.74, 6) is 1.49. The van der Waals surface area contributed by atoms with Gasteiger partial charge in [0.15, 0.2) is 0 Å². The second kappa shape index (κ2) is 7.11. The highest BCUT2D eigenvalue weighted by Gasteiger charge is 2.02. The molecule has 2 N–H and O–H groups in total. The Labute approximate surface area is 140 Å². The first-order valence-corrected chi connectivity index (χ1v) is 7.71. The molecule has 1 aromatic heterocycles. The van der Waals surface area contributed by atoms with Gasteiger partial charge in [-0.15, -0.1) is 0 Å². The van der Waals surface area contributed by atoms with E-state index in [1.165, 1.54) is 11.9 Å². The largest absolute Gasteiger partial charge is 0.366 e. The van der Waals surface area contributed by atoms with Gasteiger partial charge in [-0.05, 0) is 36.2 Å². The highest BCUT2D eigenvalue weighted by Crippen LogP contribution is 2.19. The topological polar surface area (TPSA) is 49.8 Å². The van der Waals surface area contributed by atoms with Crippen molar-refractivity contribution >= 4 is 28.9 Å². The molecule has 2 aromatic carbocycles. The first-order valence-electron chi connectivity index (χ1n) is 7.34. The summed E-state index contributed by atoms with van der Waals surface area (Å²) < 4.78 is 0. The molecule has 3 rings (SSSR count). The maximum Gasteiger partial charge on any atom is 0.135 e. The average molecular weight is 325 g/mol. The van der Waals surface area contributed by atoms with Gasteiger partial charge >= 0.3 is 0 Å². The zero-order valence-electron chi connectivity index (χ0n) is 12.8. The third kappa shape index (κ3) is 4.20. The molecule has 1 heterocycles. The van der Waals surface area contributed by atoms with Gasteiger partial charge < -0.3 is 10.6 Å². The van der Waals surface area contributed by atoms with Crippen LogP contribution in [0.25, 0.3) is 0 Å². The van der Waals surface area contributed by atoms with Gasteiger partial charge in [-0.2, -0.15) is 0 Å². The summed E-state index contributed by atoms with van der Waals surface area (Å²) in [7, 11) is 0. The number of hydrogen-bond acceptors (Lipinski definition) is 4. The van der Waals surface area contributed by atoms with Crippen molar-refractivity contribution in [3.05, 3.63) is 77.1 Å². The lowest BCUT2D eigenvalue weighted by Gasteiger charge is -2.10. The van der Waals surface area contributed by atoms with Crippen LogP contribution in [0.4, 0.5) is 17.3 Å². The lowest BCUT2D eigenvalue weighted by molar-refractivity contribution is 1.08. The molecule has 0 radical (unpaired) electrons. The molecule has 0 aliphatic rings. The van der Waals surface area contributed by atoms with Gasteiger partial charge in [-0.25, -0.2) is 9.97 Å². The second-order valence-corrected chi connectivity index (χ2v) is 5.64. The van der Waals surface area contributed by atoms with Crippen molar-refractivity contribution in [3.63, 3.8) is 0 Å². The molecule has 0 saturated heterocycles. The smallest absolute Gasteiger partial charge is 0.135 e. The SMILES string of the molecule is Cc1cccc(Nc2cc(NCc3ccccc3Cl)ncn2)c1. The molecule has 0 bridgehead atoms. The van der Waals surface area contributed by atoms with Gasteiger partial charge in [-0.1, -0.05) is 41.9 Å². The molecule has 4 nitrogen and oxygen atoms in total. The lowest BCUT2D eigenvalue weighted by atomic mass is 10.2. The Kier molecular flexibility index (Phi) is 4.74. The molecule has 0 amide bonds. The fourth-order valence-electron chi connectivity index (χ4n) is 2.22. The number of nitrogens with zero attached hydrogens (tertiary/aromatic N) is 2. The number of halogens is 1. The van der Waals surface area contributed by atoms with Crippen molar-refractivity contribution in [3.8, 4) is 0 Å². The average Bonchev–Trinajstić information content (AvgIpc) is 2.54. The number of nitrogens with one attached hydrogen (secondary N) is 2. The van der Waals surface area contributed by atoms with Crippen LogP contribution in [0.5, 0.6) is 0 Å². The fraction of sp³-hybridized carbons (Fsp3) is 0.111. The zero-order valence-corrected chi connectivity index (χ0v) is 13.5. The first kappa shape index (κ1) is 15.3. The van der Waals surface area contributed by atoms with Crippen molar-refractivity contribution in [2.24, 2.45) is 0 Å². The van der Waals surface area contributed by atoms with Crippen molar-refractivity contribution in [1.29, 1.82) is 0 Å². The minimum Gasteiger partial charge on any atom is -0.366 e. The maximum atomic E-state index is 6.16. The van der Waals surface area contributed by atoms with Gasteiger partial charge in [0.05, 0.1) is 0 Å². The number of anilines is 3. The minimum absolute atomic E-state index is 0.612. The van der Waals surface area contributed by atoms with Crippen molar-refractivity contribution in [1.82, 2.24) is 9.97 Å². The van der Waals surface area contributed by atoms with Crippen molar-refractivity contribution < 1.29 is 0 Å². The van der Waals surface area contributed by atoms with E-state index in [-0.39, 0.29) is 0 Å². The third-order valence-electron chi connectivity index (χ3n) is 3.38. The van der Waals surface area contributed by atoms with Crippen LogP contribution in [-0.4, -0.2) is 9.97 Å². The summed E-state index contributed by atoms with van der Waals surface area (Å²) in [4.78, 5) is 8.49. The van der Waals surface area contributed by atoms with Gasteiger partial charge in [0.25, 0.3) is 0 Å². The van der Waals surface area contributed by atoms with Crippen LogP contribution >= 0.6 is 11.6 Å². The van der Waals surface area contributed by atoms with E-state index in [0.29, 0.717) is 6.54 Å². The summed E-state index contributed by atoms with van der Waals surface area (Å²) in [5, 5.41) is 7.28. The van der Waals surface area contributed by atoms with Crippen LogP contribution in [0.2, 0.25) is 5.02 Å². The predicted octanol–water partition coefficient (Wildman–Crippen LogP) is 4.79. The molecular weight excluding hydrogens is 308 g/mol. The van der Waals surface area contributed by atoms with Crippen LogP contribution in [0.1, 0.15) is 11.1 Å². The zero-order chi connectivity index (χ0) is 16.1. The summed E-state index contributed by atoms with van der Waals surface area (Å²) in [5.41, 5.74) is 3.22. The summed E-state index contributed by atoms with van der Waals surface area (Å²) in [6, 6.07) is 17.8. The van der Waals surface area contributed by atoms with E-state index < -0.39 is 0 Å². The molecule has 3 aromatic rings. The number of aromatic nitrogens is 2. The molecule has 23 heavy (non-hydrogen) atoms. The molecule has 0 spiro atoms. The van der Waals surface area contributed by atoms with Crippen LogP contribution < -0.4 is 10.6 Å². The standard InChI is InChI=1S/C18H17ClN4/c1-13-5-4-7-15(9-13)23-18-10-17(21-12-22-18)20-11-14-6-2-3-8-16(14)19/h2-10,12H,11H2,1H3,(H2,20,21,22,23). The molecule has 0 saturated carbocycles. The number of hydrogen-bond donors (Lipinski definition) is 2. The van der Waals surface area contributed by atoms with Gasteiger partial charge in [0.1, 0.15) is 18.0 Å². The first-order chi connectivity index (χ1) is 11.2. The Morgan fingerprint density at radius 3 is 2.61 bits per heavy atom. The van der Waals surface area contributed by atoms with E-state index in [4.69, 9.17) is 11.6 Å². The van der Waals surface area contributed by atoms with Crippen LogP contribution in [0.3, 0.4) is 0 Å². The third-order valence-corrected chi connectivity index (χ3v) is 3.74. The Hall–Kier alpha value is -2.59. The highest BCUT2D eigenvalue weighted by atomic mass is 35.5. The fourth-order valence-corrected chi connectivity index (χ4v) is 2.42. The summed E-state index contributed by atoms with van der Waals surface area (Å²) in [6.07, 6.45) is 1.53. The van der Waals surface area contributed by atoms with E-state index in [1.807, 2.05) is 42.5 Å². The van der Waals surface area contributed by atoms with E-state index >= 15 is 0 Å². The van der Waals surface area contributed by atoms with E-state index in [2.05, 4.69) is 39.7 Å². The van der Waals surface area contributed by atoms with E-state index in [9.17, 15) is 0 Å². The van der Waals surface area contributed by atoms with Crippen LogP contribution in [-0.2, 0) is 6.54 Å². The van der Waals surface area contributed by atoms with Crippen LogP contribution in [0, 0.1) is 6.92 Å². The van der Waals surface area contributed by atoms with Gasteiger partial charge in [0.2, 0.25) is 0 Å². The molecule has 0 aliphatic carbocycles. The van der Waals surface area contributed by atoms with E-state index in [1.54, 1.807) is 0 Å². The van der Waals surface area contributed by atoms with Gasteiger partial charge in [-0.3, -0.25) is 0 Å². The highest BCUT2D eigenvalue weighted by molar-refractivity contribution is 6.31. The van der Waals surface area contributed by atoms with E-state index in [0.717, 1.165) is 27.9 Å². The maximum absolute atomic E-state index is 6.16. The molecule has 116 valence electrons. The molecule has 0 atom stereocenters. The number of aryl methyl sites for hydroxylation is 1. The number of rotatable bonds is 5. The monoisotopic (exact) mass is 324 g/mol. The van der Waals surface area contributed by atoms with Gasteiger partial charge in [0, 0.05) is 23.3 Å². The minimum atomic E-state index is 0.612. The molecular formula is C18H17ClN4. The quantitative estimate of drug-likeness (QED) is 0.708. The normalized spacial score (nSPS) is 10.3. The Bertz CT molecular complexity index is 804. The Morgan fingerprint density at radius 1 is 0.957 bits per heavy atom. The molecule has 0 aliphatic heterocycles. The lowest BCUT2D eigenvalue weighted by Crippen LogP contribution is -2.03. The molecule has 0 unspecified atom stereocenters. The molecule has 5 heteroatoms. The Balaban J connectivity index is 1.69. The van der Waals surface area contributed by atoms with Crippen LogP contribution in [0.15, 0.2) is 60.9 Å². The summed E-state index contributed by atoms with van der Waals surface area (Å²) >= 11 is 6.16. The van der Waals surface area contributed by atoms with Crippen molar-refractivity contribution in [2.75, 3.05) is 10.6 Å². The Morgan fingerprint density at radius 2 is 1.78 bits per heavy atom.